The number of fused-ring (bicyclic) bond motifs is 1. The number of thioether (sulfide) groups is 1. The molecule has 31 heavy (non-hydrogen) atoms. The molecule has 3 atom stereocenters. The molecule has 168 valence electrons. The van der Waals surface area contributed by atoms with E-state index in [9.17, 15) is 24.3 Å². The summed E-state index contributed by atoms with van der Waals surface area (Å²) >= 11 is 2.06. The average molecular weight is 473 g/mol. The smallest absolute Gasteiger partial charge is 0.315 e. The summed E-state index contributed by atoms with van der Waals surface area (Å²) < 4.78 is 8.85. The third-order valence-corrected chi connectivity index (χ3v) is 6.72. The Labute approximate surface area is 184 Å². The van der Waals surface area contributed by atoms with Gasteiger partial charge in [-0.05, 0) is 6.92 Å². The number of oxime groups is 1. The number of esters is 1. The van der Waals surface area contributed by atoms with Gasteiger partial charge in [0.05, 0.1) is 0 Å². The molecular weight excluding hydrogens is 452 g/mol. The van der Waals surface area contributed by atoms with Gasteiger partial charge >= 0.3 is 11.9 Å². The fourth-order valence-corrected chi connectivity index (χ4v) is 4.96. The van der Waals surface area contributed by atoms with E-state index in [0.29, 0.717) is 0 Å². The molecule has 3 rings (SSSR count). The van der Waals surface area contributed by atoms with Crippen LogP contribution in [-0.2, 0) is 28.8 Å². The lowest BCUT2D eigenvalue weighted by Gasteiger charge is -2.53. The summed E-state index contributed by atoms with van der Waals surface area (Å²) in [7, 11) is 0. The van der Waals surface area contributed by atoms with Crippen LogP contribution in [0.4, 0.5) is 5.13 Å². The SMILES string of the molecule is CCON=C(C(=O)NC1C(=O)N2CC(COC(C)=O)(C(=O)O)CS[C@H]12)c1nsc(N)n1. The van der Waals surface area contributed by atoms with Crippen LogP contribution < -0.4 is 11.1 Å². The van der Waals surface area contributed by atoms with E-state index in [-0.39, 0.29) is 42.2 Å². The van der Waals surface area contributed by atoms with Crippen LogP contribution in [0.2, 0.25) is 0 Å². The summed E-state index contributed by atoms with van der Waals surface area (Å²) in [5.41, 5.74) is 3.92. The molecule has 2 aliphatic heterocycles. The van der Waals surface area contributed by atoms with Crippen molar-refractivity contribution in [2.45, 2.75) is 25.3 Å². The van der Waals surface area contributed by atoms with Gasteiger partial charge < -0.3 is 30.6 Å². The van der Waals surface area contributed by atoms with Gasteiger partial charge in [-0.1, -0.05) is 5.16 Å². The van der Waals surface area contributed by atoms with Crippen molar-refractivity contribution in [2.75, 3.05) is 31.2 Å². The molecule has 0 spiro atoms. The third-order valence-electron chi connectivity index (χ3n) is 4.59. The molecule has 0 aromatic carbocycles. The van der Waals surface area contributed by atoms with Crippen LogP contribution in [-0.4, -0.2) is 85.8 Å². The van der Waals surface area contributed by atoms with Crippen LogP contribution >= 0.6 is 23.3 Å². The number of anilines is 1. The highest BCUT2D eigenvalue weighted by Gasteiger charge is 2.58. The number of carbonyl (C=O) groups excluding carboxylic acids is 3. The second kappa shape index (κ2) is 9.05. The van der Waals surface area contributed by atoms with E-state index in [2.05, 4.69) is 19.8 Å². The summed E-state index contributed by atoms with van der Waals surface area (Å²) in [6.07, 6.45) is 0. The van der Waals surface area contributed by atoms with Crippen molar-refractivity contribution in [3.63, 3.8) is 0 Å². The van der Waals surface area contributed by atoms with Gasteiger partial charge in [-0.3, -0.25) is 19.2 Å². The molecule has 1 aromatic heterocycles. The van der Waals surface area contributed by atoms with E-state index in [4.69, 9.17) is 15.3 Å². The number of aromatic nitrogens is 2. The van der Waals surface area contributed by atoms with Crippen molar-refractivity contribution >= 4 is 57.9 Å². The van der Waals surface area contributed by atoms with Crippen molar-refractivity contribution in [2.24, 2.45) is 10.6 Å². The second-order valence-corrected chi connectivity index (χ2v) is 8.69. The topological polar surface area (TPSA) is 186 Å². The lowest BCUT2D eigenvalue weighted by Crippen LogP contribution is -2.74. The molecule has 0 bridgehead atoms. The van der Waals surface area contributed by atoms with Crippen molar-refractivity contribution in [1.29, 1.82) is 0 Å². The number of carboxylic acid groups (broad SMARTS) is 1. The molecular formula is C16H20N6O7S2. The Kier molecular flexibility index (Phi) is 6.64. The quantitative estimate of drug-likeness (QED) is 0.180. The maximum Gasteiger partial charge on any atom is 0.315 e. The molecule has 13 nitrogen and oxygen atoms in total. The lowest BCUT2D eigenvalue weighted by atomic mass is 9.88. The van der Waals surface area contributed by atoms with Crippen LogP contribution in [0.5, 0.6) is 0 Å². The minimum absolute atomic E-state index is 0.0281. The van der Waals surface area contributed by atoms with Crippen molar-refractivity contribution in [3.8, 4) is 0 Å². The largest absolute Gasteiger partial charge is 0.481 e. The van der Waals surface area contributed by atoms with E-state index >= 15 is 0 Å². The number of amides is 2. The number of β-lactam (4-membered cyclic amide) rings is 1. The first-order valence-corrected chi connectivity index (χ1v) is 10.9. The Hall–Kier alpha value is -2.94. The standard InChI is InChI=1S/C16H20N6O7S2/c1-3-29-20-8(10-19-15(17)31-21-10)11(24)18-9-12(25)22-4-16(14(26)27,5-28-7(2)23)6-30-13(9)22/h9,13H,3-6H2,1-2H3,(H,18,24)(H,26,27)(H2,17,19,21)/t9?,13-,16?/m1/s1. The molecule has 2 aliphatic rings. The molecule has 4 N–H and O–H groups in total. The molecule has 2 saturated heterocycles. The zero-order chi connectivity index (χ0) is 22.8. The number of carbonyl (C=O) groups is 4. The molecule has 2 amide bonds. The van der Waals surface area contributed by atoms with E-state index in [1.807, 2.05) is 0 Å². The summed E-state index contributed by atoms with van der Waals surface area (Å²) in [5, 5.41) is 15.6. The number of hydrogen-bond acceptors (Lipinski definition) is 12. The van der Waals surface area contributed by atoms with Gasteiger partial charge in [-0.15, -0.1) is 11.8 Å². The van der Waals surface area contributed by atoms with Gasteiger partial charge in [-0.2, -0.15) is 9.36 Å². The summed E-state index contributed by atoms with van der Waals surface area (Å²) in [6, 6.07) is -0.888. The average Bonchev–Trinajstić information content (AvgIpc) is 3.16. The molecule has 0 saturated carbocycles. The van der Waals surface area contributed by atoms with Crippen LogP contribution in [0.25, 0.3) is 0 Å². The number of carboxylic acids is 1. The van der Waals surface area contributed by atoms with Crippen molar-refractivity contribution < 1.29 is 33.9 Å². The van der Waals surface area contributed by atoms with Gasteiger partial charge in [0.1, 0.15) is 30.0 Å². The molecule has 1 aromatic rings. The van der Waals surface area contributed by atoms with Crippen LogP contribution in [0.1, 0.15) is 19.7 Å². The predicted octanol–water partition coefficient (Wildman–Crippen LogP) is -1.11. The first-order valence-electron chi connectivity index (χ1n) is 9.07. The summed E-state index contributed by atoms with van der Waals surface area (Å²) in [6.45, 7) is 2.58. The maximum atomic E-state index is 12.7. The molecule has 2 unspecified atom stereocenters. The van der Waals surface area contributed by atoms with E-state index < -0.39 is 40.6 Å². The number of rotatable bonds is 8. The zero-order valence-electron chi connectivity index (χ0n) is 16.6. The monoisotopic (exact) mass is 472 g/mol. The molecule has 2 fully saturated rings. The van der Waals surface area contributed by atoms with Gasteiger partial charge in [0.25, 0.3) is 5.91 Å². The summed E-state index contributed by atoms with van der Waals surface area (Å²) in [4.78, 5) is 58.5. The molecule has 3 heterocycles. The highest BCUT2D eigenvalue weighted by Crippen LogP contribution is 2.42. The molecule has 0 aliphatic carbocycles. The molecule has 0 radical (unpaired) electrons. The van der Waals surface area contributed by atoms with Gasteiger partial charge in [0, 0.05) is 30.8 Å². The van der Waals surface area contributed by atoms with E-state index in [0.717, 1.165) is 11.5 Å². The number of nitrogens with one attached hydrogen (secondary N) is 1. The minimum atomic E-state index is -1.42. The lowest BCUT2D eigenvalue weighted by molar-refractivity contribution is -0.164. The highest BCUT2D eigenvalue weighted by atomic mass is 32.2. The normalized spacial score (nSPS) is 25.3. The Morgan fingerprint density at radius 3 is 2.77 bits per heavy atom. The Bertz CT molecular complexity index is 937. The Balaban J connectivity index is 1.70. The van der Waals surface area contributed by atoms with Gasteiger partial charge in [0.2, 0.25) is 17.4 Å². The van der Waals surface area contributed by atoms with Crippen LogP contribution in [0.15, 0.2) is 5.16 Å². The Morgan fingerprint density at radius 1 is 1.45 bits per heavy atom. The Morgan fingerprint density at radius 2 is 2.19 bits per heavy atom. The number of aliphatic carboxylic acids is 1. The number of nitrogens with two attached hydrogens (primary N) is 1. The van der Waals surface area contributed by atoms with Crippen LogP contribution in [0, 0.1) is 5.41 Å². The van der Waals surface area contributed by atoms with E-state index in [1.54, 1.807) is 6.92 Å². The zero-order valence-corrected chi connectivity index (χ0v) is 18.2. The van der Waals surface area contributed by atoms with Gasteiger partial charge in [0.15, 0.2) is 5.13 Å². The predicted molar refractivity (Wildman–Crippen MR) is 109 cm³/mol. The first kappa shape index (κ1) is 22.7. The van der Waals surface area contributed by atoms with Crippen LogP contribution in [0.3, 0.4) is 0 Å². The maximum absolute atomic E-state index is 12.7. The number of ether oxygens (including phenoxy) is 1. The number of nitrogen functional groups attached to an aromatic ring is 1. The van der Waals surface area contributed by atoms with Gasteiger partial charge in [-0.25, -0.2) is 0 Å². The van der Waals surface area contributed by atoms with Crippen molar-refractivity contribution in [3.05, 3.63) is 5.82 Å². The fourth-order valence-electron chi connectivity index (χ4n) is 3.00. The first-order chi connectivity index (χ1) is 14.7. The third kappa shape index (κ3) is 4.56. The molecule has 15 heteroatoms. The van der Waals surface area contributed by atoms with Crippen molar-refractivity contribution in [1.82, 2.24) is 19.6 Å². The second-order valence-electron chi connectivity index (χ2n) is 6.80. The number of nitrogens with zero attached hydrogens (tertiary/aromatic N) is 4. The number of hydrogen-bond donors (Lipinski definition) is 3. The summed E-state index contributed by atoms with van der Waals surface area (Å²) in [5.74, 6) is -2.89. The fraction of sp³-hybridized carbons (Fsp3) is 0.562. The highest BCUT2D eigenvalue weighted by molar-refractivity contribution is 8.00. The minimum Gasteiger partial charge on any atom is -0.481 e. The van der Waals surface area contributed by atoms with E-state index in [1.165, 1.54) is 23.6 Å².